The van der Waals surface area contributed by atoms with Gasteiger partial charge in [-0.2, -0.15) is 0 Å². The molecule has 1 aliphatic heterocycles. The van der Waals surface area contributed by atoms with E-state index in [0.29, 0.717) is 0 Å². The van der Waals surface area contributed by atoms with Gasteiger partial charge < -0.3 is 0 Å². The predicted octanol–water partition coefficient (Wildman–Crippen LogP) is 1.72. The maximum absolute atomic E-state index is 3.92. The number of allylic oxidation sites excluding steroid dienone is 3. The van der Waals surface area contributed by atoms with Crippen molar-refractivity contribution in [2.24, 2.45) is 4.99 Å². The van der Waals surface area contributed by atoms with Gasteiger partial charge in [0.05, 0.1) is 11.6 Å². The first-order chi connectivity index (χ1) is 3.79. The minimum Gasteiger partial charge on any atom is -0.0714 e. The molecule has 0 aromatic heterocycles. The van der Waals surface area contributed by atoms with Crippen LogP contribution in [0.2, 0.25) is 0 Å². The lowest BCUT2D eigenvalue weighted by Crippen LogP contribution is -1.88. The zero-order chi connectivity index (χ0) is 5.98. The molecule has 0 unspecified atom stereocenters. The first-order valence-electron chi connectivity index (χ1n) is 2.60. The van der Waals surface area contributed by atoms with E-state index in [2.05, 4.69) is 11.2 Å². The summed E-state index contributed by atoms with van der Waals surface area (Å²) in [7, 11) is 0. The quantitative estimate of drug-likeness (QED) is 0.417. The monoisotopic (exact) mass is 106 g/mol. The number of hydrogen-bond donors (Lipinski definition) is 0. The zero-order valence-corrected chi connectivity index (χ0v) is 5.10. The Balaban J connectivity index is 2.89. The molecule has 1 nitrogen and oxygen atoms in total. The molecule has 0 spiro atoms. The van der Waals surface area contributed by atoms with Gasteiger partial charge in [-0.1, -0.05) is 4.99 Å². The maximum Gasteiger partial charge on any atom is 0.156 e. The highest BCUT2D eigenvalue weighted by Gasteiger charge is 2.00. The first-order valence-corrected chi connectivity index (χ1v) is 2.60. The summed E-state index contributed by atoms with van der Waals surface area (Å²) < 4.78 is 0. The van der Waals surface area contributed by atoms with E-state index in [1.165, 1.54) is 5.57 Å². The Morgan fingerprint density at radius 2 is 2.25 bits per heavy atom. The molecular formula is C7H8N+. The van der Waals surface area contributed by atoms with E-state index in [1.807, 2.05) is 26.0 Å². The molecule has 0 aromatic carbocycles. The summed E-state index contributed by atoms with van der Waals surface area (Å²) >= 11 is 0. The van der Waals surface area contributed by atoms with Crippen molar-refractivity contribution in [1.29, 1.82) is 0 Å². The summed E-state index contributed by atoms with van der Waals surface area (Å²) in [6.45, 7) is 3.99. The molecular weight excluding hydrogens is 98.1 g/mol. The van der Waals surface area contributed by atoms with Crippen molar-refractivity contribution in [2.45, 2.75) is 13.8 Å². The topological polar surface area (TPSA) is 12.4 Å². The fraction of sp³-hybridized carbons (Fsp3) is 0.286. The third kappa shape index (κ3) is 1.02. The van der Waals surface area contributed by atoms with Crippen LogP contribution < -0.4 is 0 Å². The summed E-state index contributed by atoms with van der Waals surface area (Å²) in [4.78, 5) is 3.92. The van der Waals surface area contributed by atoms with Crippen LogP contribution in [-0.2, 0) is 0 Å². The van der Waals surface area contributed by atoms with Gasteiger partial charge in [-0.3, -0.25) is 0 Å². The van der Waals surface area contributed by atoms with E-state index in [4.69, 9.17) is 0 Å². The highest BCUT2D eigenvalue weighted by molar-refractivity contribution is 5.94. The number of aliphatic imine (C=N–C) groups is 1. The molecule has 40 valence electrons. The third-order valence-electron chi connectivity index (χ3n) is 0.970. The van der Waals surface area contributed by atoms with Gasteiger partial charge in [0, 0.05) is 13.8 Å². The van der Waals surface area contributed by atoms with Crippen LogP contribution in [0.15, 0.2) is 22.7 Å². The minimum atomic E-state index is 1.03. The molecule has 1 aliphatic rings. The Labute approximate surface area is 49.4 Å². The fourth-order valence-corrected chi connectivity index (χ4v) is 0.639. The number of rotatable bonds is 0. The van der Waals surface area contributed by atoms with Crippen molar-refractivity contribution in [2.75, 3.05) is 0 Å². The van der Waals surface area contributed by atoms with E-state index < -0.39 is 0 Å². The summed E-state index contributed by atoms with van der Waals surface area (Å²) in [6.07, 6.45) is 6.67. The minimum absolute atomic E-state index is 1.03. The van der Waals surface area contributed by atoms with Gasteiger partial charge in [-0.05, 0) is 0 Å². The molecule has 0 saturated heterocycles. The largest absolute Gasteiger partial charge is 0.156 e. The molecule has 1 heterocycles. The molecule has 0 amide bonds. The summed E-state index contributed by atoms with van der Waals surface area (Å²) in [5.74, 6) is 0. The lowest BCUT2D eigenvalue weighted by molar-refractivity contribution is 1.38. The maximum atomic E-state index is 3.92. The van der Waals surface area contributed by atoms with Crippen LogP contribution >= 0.6 is 0 Å². The predicted molar refractivity (Wildman–Crippen MR) is 34.7 cm³/mol. The third-order valence-corrected chi connectivity index (χ3v) is 0.970. The van der Waals surface area contributed by atoms with Gasteiger partial charge in [-0.15, -0.1) is 0 Å². The zero-order valence-electron chi connectivity index (χ0n) is 5.10. The molecule has 1 rings (SSSR count). The van der Waals surface area contributed by atoms with Gasteiger partial charge in [-0.25, -0.2) is 0 Å². The van der Waals surface area contributed by atoms with Crippen LogP contribution in [-0.4, -0.2) is 5.71 Å². The molecule has 0 bridgehead atoms. The van der Waals surface area contributed by atoms with Gasteiger partial charge in [0.1, 0.15) is 6.08 Å². The molecule has 0 aliphatic carbocycles. The Morgan fingerprint density at radius 3 is 2.62 bits per heavy atom. The van der Waals surface area contributed by atoms with E-state index in [9.17, 15) is 0 Å². The van der Waals surface area contributed by atoms with Crippen molar-refractivity contribution in [3.8, 4) is 0 Å². The molecule has 0 radical (unpaired) electrons. The van der Waals surface area contributed by atoms with E-state index in [1.54, 1.807) is 0 Å². The van der Waals surface area contributed by atoms with E-state index in [-0.39, 0.29) is 0 Å². The van der Waals surface area contributed by atoms with Crippen molar-refractivity contribution in [3.63, 3.8) is 0 Å². The molecule has 0 N–H and O–H groups in total. The number of nitrogens with zero attached hydrogens (tertiary/aromatic N) is 1. The molecule has 0 aromatic rings. The van der Waals surface area contributed by atoms with Crippen LogP contribution in [0, 0.1) is 6.20 Å². The van der Waals surface area contributed by atoms with E-state index in [0.717, 1.165) is 5.71 Å². The van der Waals surface area contributed by atoms with Crippen molar-refractivity contribution < 1.29 is 0 Å². The van der Waals surface area contributed by atoms with Gasteiger partial charge in [0.2, 0.25) is 0 Å². The lowest BCUT2D eigenvalue weighted by atomic mass is 10.2. The van der Waals surface area contributed by atoms with Crippen molar-refractivity contribution in [1.82, 2.24) is 0 Å². The highest BCUT2D eigenvalue weighted by atomic mass is 14.7. The van der Waals surface area contributed by atoms with E-state index >= 15 is 0 Å². The Hall–Kier alpha value is -0.940. The summed E-state index contributed by atoms with van der Waals surface area (Å²) in [6, 6.07) is 0. The van der Waals surface area contributed by atoms with Gasteiger partial charge in [0.25, 0.3) is 0 Å². The van der Waals surface area contributed by atoms with Gasteiger partial charge >= 0.3 is 0 Å². The average molecular weight is 106 g/mol. The lowest BCUT2D eigenvalue weighted by Gasteiger charge is -1.84. The first kappa shape index (κ1) is 5.20. The fourth-order valence-electron chi connectivity index (χ4n) is 0.639. The molecule has 8 heavy (non-hydrogen) atoms. The SMILES string of the molecule is CC1=CC(C)=N[C+]=C1. The molecule has 0 fully saturated rings. The normalized spacial score (nSPS) is 16.8. The summed E-state index contributed by atoms with van der Waals surface area (Å²) in [5.41, 5.74) is 2.25. The van der Waals surface area contributed by atoms with Crippen LogP contribution in [0.4, 0.5) is 0 Å². The Bertz CT molecular complexity index is 170. The van der Waals surface area contributed by atoms with Crippen molar-refractivity contribution in [3.05, 3.63) is 23.9 Å². The van der Waals surface area contributed by atoms with Crippen molar-refractivity contribution >= 4 is 5.71 Å². The second kappa shape index (κ2) is 1.89. The Kier molecular flexibility index (Phi) is 1.23. The van der Waals surface area contributed by atoms with Crippen LogP contribution in [0.1, 0.15) is 13.8 Å². The summed E-state index contributed by atoms with van der Waals surface area (Å²) in [5, 5.41) is 0. The van der Waals surface area contributed by atoms with Crippen LogP contribution in [0.3, 0.4) is 0 Å². The van der Waals surface area contributed by atoms with Crippen LogP contribution in [0.5, 0.6) is 0 Å². The Morgan fingerprint density at radius 1 is 1.50 bits per heavy atom. The molecule has 0 saturated carbocycles. The second-order valence-electron chi connectivity index (χ2n) is 1.91. The highest BCUT2D eigenvalue weighted by Crippen LogP contribution is 2.00. The van der Waals surface area contributed by atoms with Gasteiger partial charge in [0.15, 0.2) is 11.9 Å². The second-order valence-corrected chi connectivity index (χ2v) is 1.91. The van der Waals surface area contributed by atoms with Crippen LogP contribution in [0.25, 0.3) is 0 Å². The number of hydrogen-bond acceptors (Lipinski definition) is 1. The smallest absolute Gasteiger partial charge is 0.0714 e. The molecule has 0 atom stereocenters. The standard InChI is InChI=1S/C7H8N/c1-6-3-4-8-7(2)5-6/h3,5H,1-2H3/q+1. The molecule has 1 heteroatoms. The average Bonchev–Trinajstić information content (AvgIpc) is 1.64.